The van der Waals surface area contributed by atoms with Gasteiger partial charge in [-0.25, -0.2) is 0 Å². The van der Waals surface area contributed by atoms with E-state index in [2.05, 4.69) is 53.1 Å². The molecule has 0 fully saturated rings. The van der Waals surface area contributed by atoms with Gasteiger partial charge in [-0.3, -0.25) is 0 Å². The van der Waals surface area contributed by atoms with Crippen molar-refractivity contribution in [2.75, 3.05) is 6.54 Å². The minimum absolute atomic E-state index is 0.0214. The Morgan fingerprint density at radius 3 is 2.79 bits per heavy atom. The molecule has 1 rings (SSSR count). The average Bonchev–Trinajstić information content (AvgIpc) is 2.15. The van der Waals surface area contributed by atoms with Gasteiger partial charge in [-0.05, 0) is 36.7 Å². The zero-order valence-electron chi connectivity index (χ0n) is 8.47. The van der Waals surface area contributed by atoms with Crippen LogP contribution in [-0.4, -0.2) is 6.54 Å². The molecule has 0 amide bonds. The van der Waals surface area contributed by atoms with Crippen LogP contribution in [0.15, 0.2) is 22.7 Å². The number of terminal acetylenes is 1. The first-order valence-electron chi connectivity index (χ1n) is 4.64. The van der Waals surface area contributed by atoms with Crippen molar-refractivity contribution in [3.05, 3.63) is 33.8 Å². The van der Waals surface area contributed by atoms with E-state index in [-0.39, 0.29) is 6.04 Å². The van der Waals surface area contributed by atoms with Crippen LogP contribution in [0, 0.1) is 19.3 Å². The third-order valence-electron chi connectivity index (χ3n) is 2.12. The van der Waals surface area contributed by atoms with Gasteiger partial charge >= 0.3 is 0 Å². The molecular weight excluding hydrogens is 238 g/mol. The second kappa shape index (κ2) is 5.19. The lowest BCUT2D eigenvalue weighted by molar-refractivity contribution is 0.662. The Morgan fingerprint density at radius 2 is 2.29 bits per heavy atom. The maximum atomic E-state index is 5.47. The molecule has 0 heterocycles. The number of benzene rings is 1. The van der Waals surface area contributed by atoms with Gasteiger partial charge < -0.3 is 5.32 Å². The topological polar surface area (TPSA) is 12.0 Å². The highest BCUT2D eigenvalue weighted by Gasteiger charge is 2.08. The van der Waals surface area contributed by atoms with Gasteiger partial charge in [0.15, 0.2) is 0 Å². The molecule has 1 N–H and O–H groups in total. The third-order valence-corrected chi connectivity index (χ3v) is 2.61. The quantitative estimate of drug-likeness (QED) is 0.815. The van der Waals surface area contributed by atoms with Crippen LogP contribution in [0.25, 0.3) is 0 Å². The van der Waals surface area contributed by atoms with Crippen LogP contribution in [0.2, 0.25) is 0 Å². The van der Waals surface area contributed by atoms with Gasteiger partial charge in [-0.15, -0.1) is 6.42 Å². The number of halogens is 1. The van der Waals surface area contributed by atoms with Crippen LogP contribution >= 0.6 is 15.9 Å². The van der Waals surface area contributed by atoms with E-state index < -0.39 is 0 Å². The fraction of sp³-hybridized carbons (Fsp3) is 0.333. The summed E-state index contributed by atoms with van der Waals surface area (Å²) in [5.74, 6) is 2.75. The molecule has 14 heavy (non-hydrogen) atoms. The fourth-order valence-corrected chi connectivity index (χ4v) is 1.90. The van der Waals surface area contributed by atoms with Gasteiger partial charge in [0.25, 0.3) is 0 Å². The van der Waals surface area contributed by atoms with Crippen molar-refractivity contribution in [1.82, 2.24) is 5.32 Å². The molecule has 0 aliphatic carbocycles. The lowest BCUT2D eigenvalue weighted by Crippen LogP contribution is -2.19. The molecule has 0 bridgehead atoms. The molecule has 0 aliphatic rings. The maximum absolute atomic E-state index is 5.47. The summed E-state index contributed by atoms with van der Waals surface area (Å²) in [5.41, 5.74) is 2.39. The second-order valence-corrected chi connectivity index (χ2v) is 4.07. The highest BCUT2D eigenvalue weighted by atomic mass is 79.9. The lowest BCUT2D eigenvalue weighted by atomic mass is 10.0. The zero-order chi connectivity index (χ0) is 10.6. The molecule has 0 saturated heterocycles. The highest BCUT2D eigenvalue weighted by molar-refractivity contribution is 9.10. The Kier molecular flexibility index (Phi) is 4.19. The minimum Gasteiger partial charge on any atom is -0.300 e. The monoisotopic (exact) mass is 251 g/mol. The van der Waals surface area contributed by atoms with Crippen LogP contribution in [-0.2, 0) is 0 Å². The Bertz CT molecular complexity index is 352. The van der Waals surface area contributed by atoms with E-state index in [1.165, 1.54) is 11.1 Å². The number of hydrogen-bond donors (Lipinski definition) is 1. The number of nitrogens with one attached hydrogen (secondary N) is 1. The Labute approximate surface area is 94.0 Å². The van der Waals surface area contributed by atoms with E-state index >= 15 is 0 Å². The van der Waals surface area contributed by atoms with Crippen LogP contribution in [0.3, 0.4) is 0 Å². The smallest absolute Gasteiger partial charge is 0.0945 e. The van der Waals surface area contributed by atoms with Crippen LogP contribution in [0.5, 0.6) is 0 Å². The molecule has 0 aliphatic heterocycles. The number of rotatable bonds is 3. The fourth-order valence-electron chi connectivity index (χ4n) is 1.43. The first-order valence-corrected chi connectivity index (χ1v) is 5.44. The lowest BCUT2D eigenvalue weighted by Gasteiger charge is -2.14. The number of aryl methyl sites for hydroxylation is 1. The minimum atomic E-state index is 0.0214. The molecule has 1 aromatic rings. The van der Waals surface area contributed by atoms with Crippen molar-refractivity contribution in [3.8, 4) is 12.3 Å². The summed E-state index contributed by atoms with van der Waals surface area (Å²) in [6.45, 7) is 5.00. The molecule has 1 nitrogen and oxygen atoms in total. The second-order valence-electron chi connectivity index (χ2n) is 3.16. The van der Waals surface area contributed by atoms with Gasteiger partial charge in [-0.1, -0.05) is 34.8 Å². The first-order chi connectivity index (χ1) is 6.69. The molecule has 1 unspecified atom stereocenters. The van der Waals surface area contributed by atoms with Gasteiger partial charge in [0, 0.05) is 4.47 Å². The van der Waals surface area contributed by atoms with Crippen molar-refractivity contribution in [2.45, 2.75) is 19.9 Å². The van der Waals surface area contributed by atoms with Gasteiger partial charge in [-0.2, -0.15) is 0 Å². The summed E-state index contributed by atoms with van der Waals surface area (Å²) >= 11 is 3.43. The summed E-state index contributed by atoms with van der Waals surface area (Å²) in [5, 5.41) is 3.26. The Hall–Kier alpha value is -0.780. The van der Waals surface area contributed by atoms with E-state index in [0.29, 0.717) is 0 Å². The Balaban J connectivity index is 3.00. The summed E-state index contributed by atoms with van der Waals surface area (Å²) in [4.78, 5) is 0. The average molecular weight is 252 g/mol. The predicted molar refractivity (Wildman–Crippen MR) is 64.1 cm³/mol. The summed E-state index contributed by atoms with van der Waals surface area (Å²) < 4.78 is 1.09. The predicted octanol–water partition coefficient (Wildman–Crippen LogP) is 3.04. The van der Waals surface area contributed by atoms with Gasteiger partial charge in [0.05, 0.1) is 6.04 Å². The van der Waals surface area contributed by atoms with E-state index in [4.69, 9.17) is 6.42 Å². The molecule has 0 radical (unpaired) electrons. The van der Waals surface area contributed by atoms with Gasteiger partial charge in [0.1, 0.15) is 0 Å². The van der Waals surface area contributed by atoms with Crippen molar-refractivity contribution in [3.63, 3.8) is 0 Å². The van der Waals surface area contributed by atoms with Gasteiger partial charge in [0.2, 0.25) is 0 Å². The number of hydrogen-bond acceptors (Lipinski definition) is 1. The Morgan fingerprint density at radius 1 is 1.57 bits per heavy atom. The van der Waals surface area contributed by atoms with E-state index in [1.807, 2.05) is 6.07 Å². The van der Waals surface area contributed by atoms with E-state index in [9.17, 15) is 0 Å². The van der Waals surface area contributed by atoms with Crippen molar-refractivity contribution >= 4 is 15.9 Å². The first kappa shape index (κ1) is 11.3. The zero-order valence-corrected chi connectivity index (χ0v) is 10.1. The molecule has 2 heteroatoms. The molecule has 1 atom stereocenters. The normalized spacial score (nSPS) is 12.1. The SMILES string of the molecule is C#CC(NCC)c1ccc(Br)cc1C. The molecule has 0 aromatic heterocycles. The van der Waals surface area contributed by atoms with E-state index in [0.717, 1.165) is 11.0 Å². The third kappa shape index (κ3) is 2.60. The van der Waals surface area contributed by atoms with Crippen LogP contribution in [0.4, 0.5) is 0 Å². The van der Waals surface area contributed by atoms with Crippen molar-refractivity contribution in [2.24, 2.45) is 0 Å². The summed E-state index contributed by atoms with van der Waals surface area (Å²) in [7, 11) is 0. The molecule has 0 saturated carbocycles. The molecule has 1 aromatic carbocycles. The van der Waals surface area contributed by atoms with Crippen molar-refractivity contribution in [1.29, 1.82) is 0 Å². The highest BCUT2D eigenvalue weighted by Crippen LogP contribution is 2.21. The largest absolute Gasteiger partial charge is 0.300 e. The maximum Gasteiger partial charge on any atom is 0.0945 e. The molecule has 74 valence electrons. The molecule has 0 spiro atoms. The summed E-state index contributed by atoms with van der Waals surface area (Å²) in [6, 6.07) is 6.18. The molecular formula is C12H14BrN. The summed E-state index contributed by atoms with van der Waals surface area (Å²) in [6.07, 6.45) is 5.47. The van der Waals surface area contributed by atoms with Crippen LogP contribution < -0.4 is 5.32 Å². The van der Waals surface area contributed by atoms with Crippen molar-refractivity contribution < 1.29 is 0 Å². The van der Waals surface area contributed by atoms with Crippen LogP contribution in [0.1, 0.15) is 24.1 Å². The van der Waals surface area contributed by atoms with E-state index in [1.54, 1.807) is 0 Å². The standard InChI is InChI=1S/C12H14BrN/c1-4-12(14-5-2)11-7-6-10(13)8-9(11)3/h1,6-8,12,14H,5H2,2-3H3.